The minimum atomic E-state index is -1.56. The first kappa shape index (κ1) is 26.6. The molecule has 3 amide bonds. The highest BCUT2D eigenvalue weighted by molar-refractivity contribution is 6.47. The number of primary amides is 1. The van der Waals surface area contributed by atoms with Crippen molar-refractivity contribution in [3.05, 3.63) is 58.6 Å². The van der Waals surface area contributed by atoms with Crippen molar-refractivity contribution in [1.82, 2.24) is 15.5 Å². The molecule has 0 saturated carbocycles. The first-order chi connectivity index (χ1) is 17.8. The zero-order chi connectivity index (χ0) is 26.4. The van der Waals surface area contributed by atoms with Crippen LogP contribution in [0.15, 0.2) is 47.5 Å². The summed E-state index contributed by atoms with van der Waals surface area (Å²) in [5.41, 5.74) is 5.29. The van der Waals surface area contributed by atoms with E-state index in [9.17, 15) is 14.4 Å². The number of halogens is 1. The third-order valence-corrected chi connectivity index (χ3v) is 6.96. The van der Waals surface area contributed by atoms with Crippen molar-refractivity contribution in [3.63, 3.8) is 0 Å². The van der Waals surface area contributed by atoms with Crippen LogP contribution in [-0.2, 0) is 15.1 Å². The van der Waals surface area contributed by atoms with Crippen LogP contribution in [-0.4, -0.2) is 68.3 Å². The Balaban J connectivity index is 1.44. The van der Waals surface area contributed by atoms with E-state index in [4.69, 9.17) is 22.1 Å². The SMILES string of the molecule is CNC(=O)C1=NCNC1(C(N)=O)c1ccc(NC(=O)c2cc(OCCN3CCCCC3)ccc2Cl)cc1. The summed E-state index contributed by atoms with van der Waals surface area (Å²) in [6.45, 7) is 3.62. The van der Waals surface area contributed by atoms with E-state index >= 15 is 0 Å². The summed E-state index contributed by atoms with van der Waals surface area (Å²) < 4.78 is 5.87. The average molecular weight is 527 g/mol. The van der Waals surface area contributed by atoms with Crippen LogP contribution in [0, 0.1) is 0 Å². The van der Waals surface area contributed by atoms with E-state index < -0.39 is 23.3 Å². The number of hydrogen-bond acceptors (Lipinski definition) is 7. The lowest BCUT2D eigenvalue weighted by Crippen LogP contribution is -2.58. The van der Waals surface area contributed by atoms with Gasteiger partial charge in [-0.05, 0) is 61.8 Å². The molecule has 0 aliphatic carbocycles. The predicted octanol–water partition coefficient (Wildman–Crippen LogP) is 1.89. The number of carbonyl (C=O) groups excluding carboxylic acids is 3. The van der Waals surface area contributed by atoms with Gasteiger partial charge in [-0.15, -0.1) is 0 Å². The number of amides is 3. The maximum atomic E-state index is 13.0. The molecule has 2 aromatic rings. The zero-order valence-electron chi connectivity index (χ0n) is 20.7. The summed E-state index contributed by atoms with van der Waals surface area (Å²) in [6, 6.07) is 11.5. The molecule has 0 aromatic heterocycles. The van der Waals surface area contributed by atoms with Gasteiger partial charge in [0.2, 0.25) is 5.91 Å². The number of ether oxygens (including phenoxy) is 1. The lowest BCUT2D eigenvalue weighted by Gasteiger charge is -2.27. The molecule has 1 saturated heterocycles. The van der Waals surface area contributed by atoms with Gasteiger partial charge in [0, 0.05) is 19.3 Å². The third kappa shape index (κ3) is 5.76. The molecule has 11 heteroatoms. The minimum absolute atomic E-state index is 0.0110. The van der Waals surface area contributed by atoms with E-state index in [0.29, 0.717) is 28.6 Å². The summed E-state index contributed by atoms with van der Waals surface area (Å²) in [6.07, 6.45) is 3.72. The van der Waals surface area contributed by atoms with Crippen LogP contribution in [0.4, 0.5) is 5.69 Å². The number of aliphatic imine (C=N–C) groups is 1. The van der Waals surface area contributed by atoms with Gasteiger partial charge in [0.05, 0.1) is 17.3 Å². The highest BCUT2D eigenvalue weighted by Gasteiger charge is 2.49. The Kier molecular flexibility index (Phi) is 8.42. The molecule has 4 rings (SSSR count). The van der Waals surface area contributed by atoms with Gasteiger partial charge in [0.1, 0.15) is 18.1 Å². The fourth-order valence-electron chi connectivity index (χ4n) is 4.63. The normalized spacial score (nSPS) is 19.7. The van der Waals surface area contributed by atoms with Gasteiger partial charge in [-0.1, -0.05) is 30.2 Å². The molecule has 2 aliphatic rings. The number of nitrogens with one attached hydrogen (secondary N) is 3. The first-order valence-corrected chi connectivity index (χ1v) is 12.6. The molecule has 0 radical (unpaired) electrons. The van der Waals surface area contributed by atoms with Crippen molar-refractivity contribution in [3.8, 4) is 5.75 Å². The van der Waals surface area contributed by atoms with Crippen LogP contribution in [0.25, 0.3) is 0 Å². The molecule has 37 heavy (non-hydrogen) atoms. The number of nitrogens with zero attached hydrogens (tertiary/aromatic N) is 2. The highest BCUT2D eigenvalue weighted by atomic mass is 35.5. The van der Waals surface area contributed by atoms with E-state index in [1.54, 1.807) is 42.5 Å². The number of likely N-dealkylation sites (tertiary alicyclic amines) is 1. The van der Waals surface area contributed by atoms with Gasteiger partial charge in [-0.2, -0.15) is 0 Å². The Hall–Kier alpha value is -3.47. The fraction of sp³-hybridized carbons (Fsp3) is 0.385. The number of carbonyl (C=O) groups is 3. The maximum Gasteiger partial charge on any atom is 0.267 e. The Labute approximate surface area is 220 Å². The molecule has 2 aromatic carbocycles. The molecule has 1 atom stereocenters. The third-order valence-electron chi connectivity index (χ3n) is 6.63. The molecule has 5 N–H and O–H groups in total. The lowest BCUT2D eigenvalue weighted by molar-refractivity contribution is -0.123. The Bertz CT molecular complexity index is 1200. The molecule has 0 bridgehead atoms. The number of rotatable bonds is 9. The van der Waals surface area contributed by atoms with Gasteiger partial charge in [-0.3, -0.25) is 29.6 Å². The fourth-order valence-corrected chi connectivity index (χ4v) is 4.83. The van der Waals surface area contributed by atoms with E-state index in [0.717, 1.165) is 19.6 Å². The van der Waals surface area contributed by atoms with Crippen LogP contribution in [0.5, 0.6) is 5.75 Å². The minimum Gasteiger partial charge on any atom is -0.492 e. The number of nitrogens with two attached hydrogens (primary N) is 1. The molecule has 1 unspecified atom stereocenters. The smallest absolute Gasteiger partial charge is 0.267 e. The van der Waals surface area contributed by atoms with Crippen molar-refractivity contribution in [2.75, 3.05) is 45.3 Å². The van der Waals surface area contributed by atoms with Gasteiger partial charge >= 0.3 is 0 Å². The summed E-state index contributed by atoms with van der Waals surface area (Å²) >= 11 is 6.30. The van der Waals surface area contributed by atoms with Crippen molar-refractivity contribution in [2.24, 2.45) is 10.7 Å². The highest BCUT2D eigenvalue weighted by Crippen LogP contribution is 2.29. The molecule has 0 spiro atoms. The van der Waals surface area contributed by atoms with Crippen molar-refractivity contribution in [2.45, 2.75) is 24.8 Å². The molecular weight excluding hydrogens is 496 g/mol. The molecule has 196 valence electrons. The van der Waals surface area contributed by atoms with E-state index in [1.165, 1.54) is 26.3 Å². The standard InChI is InChI=1S/C26H31ClN6O4/c1-29-24(35)22-26(25(28)36,31-16-30-22)17-5-7-18(8-6-17)32-23(34)20-15-19(9-10-21(20)27)37-14-13-33-11-3-2-4-12-33/h5-10,15,31H,2-4,11-14,16H2,1H3,(H2,28,36)(H,29,35)(H,32,34). The molecule has 2 aliphatic heterocycles. The molecule has 2 heterocycles. The van der Waals surface area contributed by atoms with E-state index in [-0.39, 0.29) is 17.9 Å². The van der Waals surface area contributed by atoms with E-state index in [1.807, 2.05) is 0 Å². The van der Waals surface area contributed by atoms with Crippen LogP contribution < -0.4 is 26.4 Å². The number of hydrogen-bond donors (Lipinski definition) is 4. The predicted molar refractivity (Wildman–Crippen MR) is 142 cm³/mol. The van der Waals surface area contributed by atoms with Gasteiger partial charge < -0.3 is 21.1 Å². The molecule has 1 fully saturated rings. The monoisotopic (exact) mass is 526 g/mol. The summed E-state index contributed by atoms with van der Waals surface area (Å²) in [5, 5.41) is 8.51. The van der Waals surface area contributed by atoms with E-state index in [2.05, 4.69) is 25.8 Å². The Morgan fingerprint density at radius 2 is 1.84 bits per heavy atom. The first-order valence-electron chi connectivity index (χ1n) is 12.2. The van der Waals surface area contributed by atoms with Crippen LogP contribution >= 0.6 is 11.6 Å². The number of piperidine rings is 1. The topological polar surface area (TPSA) is 138 Å². The van der Waals surface area contributed by atoms with Crippen molar-refractivity contribution < 1.29 is 19.1 Å². The summed E-state index contributed by atoms with van der Waals surface area (Å²) in [4.78, 5) is 44.2. The summed E-state index contributed by atoms with van der Waals surface area (Å²) in [5.74, 6) is -1.10. The number of benzene rings is 2. The number of anilines is 1. The lowest BCUT2D eigenvalue weighted by atomic mass is 9.84. The molecular formula is C26H31ClN6O4. The zero-order valence-corrected chi connectivity index (χ0v) is 21.4. The van der Waals surface area contributed by atoms with Crippen LogP contribution in [0.3, 0.4) is 0 Å². The maximum absolute atomic E-state index is 13.0. The largest absolute Gasteiger partial charge is 0.492 e. The second-order valence-corrected chi connectivity index (χ2v) is 9.37. The average Bonchev–Trinajstić information content (AvgIpc) is 3.37. The van der Waals surface area contributed by atoms with Crippen LogP contribution in [0.2, 0.25) is 5.02 Å². The van der Waals surface area contributed by atoms with Gasteiger partial charge in [0.15, 0.2) is 5.54 Å². The Morgan fingerprint density at radius 3 is 2.51 bits per heavy atom. The van der Waals surface area contributed by atoms with Crippen molar-refractivity contribution >= 4 is 40.7 Å². The van der Waals surface area contributed by atoms with Gasteiger partial charge in [-0.25, -0.2) is 0 Å². The quantitative estimate of drug-likeness (QED) is 0.393. The van der Waals surface area contributed by atoms with Crippen LogP contribution in [0.1, 0.15) is 35.2 Å². The Morgan fingerprint density at radius 1 is 1.11 bits per heavy atom. The summed E-state index contributed by atoms with van der Waals surface area (Å²) in [7, 11) is 1.45. The van der Waals surface area contributed by atoms with Gasteiger partial charge in [0.25, 0.3) is 11.8 Å². The van der Waals surface area contributed by atoms with Crippen molar-refractivity contribution in [1.29, 1.82) is 0 Å². The molecule has 10 nitrogen and oxygen atoms in total. The second-order valence-electron chi connectivity index (χ2n) is 8.96. The second kappa shape index (κ2) is 11.7.